The van der Waals surface area contributed by atoms with Crippen molar-refractivity contribution in [3.8, 4) is 0 Å². The van der Waals surface area contributed by atoms with Gasteiger partial charge in [0.2, 0.25) is 5.91 Å². The lowest BCUT2D eigenvalue weighted by atomic mass is 9.92. The van der Waals surface area contributed by atoms with Gasteiger partial charge in [-0.3, -0.25) is 14.7 Å². The summed E-state index contributed by atoms with van der Waals surface area (Å²) in [7, 11) is 0. The van der Waals surface area contributed by atoms with Gasteiger partial charge in [0.15, 0.2) is 0 Å². The number of rotatable bonds is 4. The van der Waals surface area contributed by atoms with Crippen molar-refractivity contribution in [2.75, 3.05) is 26.2 Å². The highest BCUT2D eigenvalue weighted by Crippen LogP contribution is 2.31. The second-order valence-corrected chi connectivity index (χ2v) is 5.95. The molecule has 0 N–H and O–H groups in total. The molecule has 6 heteroatoms. The van der Waals surface area contributed by atoms with Crippen LogP contribution < -0.4 is 0 Å². The van der Waals surface area contributed by atoms with E-state index in [4.69, 9.17) is 4.74 Å². The van der Waals surface area contributed by atoms with E-state index in [0.717, 1.165) is 18.4 Å². The van der Waals surface area contributed by atoms with Crippen LogP contribution in [0.1, 0.15) is 25.3 Å². The molecule has 2 saturated heterocycles. The lowest BCUT2D eigenvalue weighted by Crippen LogP contribution is -2.62. The lowest BCUT2D eigenvalue weighted by molar-refractivity contribution is -0.135. The van der Waals surface area contributed by atoms with Gasteiger partial charge in [0, 0.05) is 38.4 Å². The molecule has 22 heavy (non-hydrogen) atoms. The standard InChI is InChI=1S/C16H21N3O3/c1-2-16-11-18(9-10-19(16)15(21)22-12-16)14(20)4-3-13-5-7-17-8-6-13/h5-8H,2-4,9-12H2,1H3. The molecule has 2 aliphatic rings. The van der Waals surface area contributed by atoms with E-state index in [1.165, 1.54) is 0 Å². The number of fused-ring (bicyclic) bond motifs is 1. The van der Waals surface area contributed by atoms with Gasteiger partial charge in [-0.25, -0.2) is 4.79 Å². The Morgan fingerprint density at radius 1 is 1.36 bits per heavy atom. The summed E-state index contributed by atoms with van der Waals surface area (Å²) >= 11 is 0. The van der Waals surface area contributed by atoms with Crippen molar-refractivity contribution in [3.05, 3.63) is 30.1 Å². The number of ether oxygens (including phenoxy) is 1. The van der Waals surface area contributed by atoms with E-state index in [0.29, 0.717) is 32.7 Å². The van der Waals surface area contributed by atoms with Crippen molar-refractivity contribution in [1.82, 2.24) is 14.8 Å². The normalized spacial score (nSPS) is 24.1. The minimum absolute atomic E-state index is 0.142. The van der Waals surface area contributed by atoms with Gasteiger partial charge in [-0.2, -0.15) is 0 Å². The van der Waals surface area contributed by atoms with Crippen LogP contribution in [0.4, 0.5) is 4.79 Å². The third-order valence-corrected chi connectivity index (χ3v) is 4.72. The summed E-state index contributed by atoms with van der Waals surface area (Å²) in [4.78, 5) is 31.9. The first-order valence-corrected chi connectivity index (χ1v) is 7.76. The van der Waals surface area contributed by atoms with Gasteiger partial charge in [-0.15, -0.1) is 0 Å². The molecule has 1 aromatic rings. The van der Waals surface area contributed by atoms with E-state index in [1.807, 2.05) is 24.0 Å². The summed E-state index contributed by atoms with van der Waals surface area (Å²) in [5.74, 6) is 0.142. The average Bonchev–Trinajstić information content (AvgIpc) is 2.91. The number of aryl methyl sites for hydroxylation is 1. The molecule has 0 saturated carbocycles. The van der Waals surface area contributed by atoms with Crippen LogP contribution in [0.25, 0.3) is 0 Å². The van der Waals surface area contributed by atoms with Gasteiger partial charge >= 0.3 is 6.09 Å². The van der Waals surface area contributed by atoms with Gasteiger partial charge in [0.25, 0.3) is 0 Å². The minimum Gasteiger partial charge on any atom is -0.447 e. The Morgan fingerprint density at radius 2 is 2.14 bits per heavy atom. The molecule has 0 aliphatic carbocycles. The molecule has 6 nitrogen and oxygen atoms in total. The number of piperazine rings is 1. The van der Waals surface area contributed by atoms with Crippen LogP contribution in [0, 0.1) is 0 Å². The van der Waals surface area contributed by atoms with E-state index in [-0.39, 0.29) is 17.5 Å². The van der Waals surface area contributed by atoms with Crippen LogP contribution in [0.5, 0.6) is 0 Å². The average molecular weight is 303 g/mol. The molecule has 3 heterocycles. The fraction of sp³-hybridized carbons (Fsp3) is 0.562. The molecule has 1 unspecified atom stereocenters. The van der Waals surface area contributed by atoms with E-state index in [1.54, 1.807) is 17.3 Å². The molecule has 0 aromatic carbocycles. The molecule has 2 fully saturated rings. The summed E-state index contributed by atoms with van der Waals surface area (Å²) < 4.78 is 5.19. The van der Waals surface area contributed by atoms with Gasteiger partial charge < -0.3 is 9.64 Å². The Morgan fingerprint density at radius 3 is 2.86 bits per heavy atom. The molecule has 2 aliphatic heterocycles. The SMILES string of the molecule is CCC12COC(=O)N1CCN(C(=O)CCc1ccncc1)C2. The highest BCUT2D eigenvalue weighted by Gasteiger charge is 2.50. The number of carbonyl (C=O) groups is 2. The van der Waals surface area contributed by atoms with Crippen LogP contribution in [0.3, 0.4) is 0 Å². The largest absolute Gasteiger partial charge is 0.447 e. The number of aromatic nitrogens is 1. The van der Waals surface area contributed by atoms with Crippen molar-refractivity contribution in [2.45, 2.75) is 31.7 Å². The van der Waals surface area contributed by atoms with Crippen molar-refractivity contribution >= 4 is 12.0 Å². The predicted molar refractivity (Wildman–Crippen MR) is 80.2 cm³/mol. The third-order valence-electron chi connectivity index (χ3n) is 4.72. The second-order valence-electron chi connectivity index (χ2n) is 5.95. The smallest absolute Gasteiger partial charge is 0.410 e. The summed E-state index contributed by atoms with van der Waals surface area (Å²) in [6, 6.07) is 3.87. The first-order chi connectivity index (χ1) is 10.6. The van der Waals surface area contributed by atoms with Gasteiger partial charge in [0.1, 0.15) is 6.61 Å². The zero-order valence-electron chi connectivity index (χ0n) is 12.8. The Labute approximate surface area is 130 Å². The fourth-order valence-electron chi connectivity index (χ4n) is 3.24. The molecule has 3 rings (SSSR count). The Kier molecular flexibility index (Phi) is 4.00. The maximum Gasteiger partial charge on any atom is 0.410 e. The number of hydrogen-bond donors (Lipinski definition) is 0. The fourth-order valence-corrected chi connectivity index (χ4v) is 3.24. The van der Waals surface area contributed by atoms with Crippen molar-refractivity contribution in [1.29, 1.82) is 0 Å². The third kappa shape index (κ3) is 2.65. The van der Waals surface area contributed by atoms with Gasteiger partial charge in [-0.1, -0.05) is 6.92 Å². The Balaban J connectivity index is 1.61. The van der Waals surface area contributed by atoms with E-state index >= 15 is 0 Å². The molecule has 118 valence electrons. The van der Waals surface area contributed by atoms with Gasteiger partial charge in [-0.05, 0) is 30.5 Å². The summed E-state index contributed by atoms with van der Waals surface area (Å²) in [5.41, 5.74) is 0.786. The number of carbonyl (C=O) groups excluding carboxylic acids is 2. The number of cyclic esters (lactones) is 1. The highest BCUT2D eigenvalue weighted by atomic mass is 16.6. The number of hydrogen-bond acceptors (Lipinski definition) is 4. The van der Waals surface area contributed by atoms with Crippen LogP contribution >= 0.6 is 0 Å². The summed E-state index contributed by atoms with van der Waals surface area (Å²) in [5, 5.41) is 0. The molecular formula is C16H21N3O3. The highest BCUT2D eigenvalue weighted by molar-refractivity contribution is 5.78. The van der Waals surface area contributed by atoms with E-state index < -0.39 is 0 Å². The Bertz CT molecular complexity index is 563. The molecule has 0 spiro atoms. The van der Waals surface area contributed by atoms with Crippen LogP contribution in [-0.4, -0.2) is 58.6 Å². The molecule has 1 aromatic heterocycles. The number of nitrogens with zero attached hydrogens (tertiary/aromatic N) is 3. The monoisotopic (exact) mass is 303 g/mol. The quantitative estimate of drug-likeness (QED) is 0.845. The van der Waals surface area contributed by atoms with E-state index in [9.17, 15) is 9.59 Å². The molecule has 2 amide bonds. The first kappa shape index (κ1) is 14.8. The molecular weight excluding hydrogens is 282 g/mol. The maximum absolute atomic E-state index is 12.5. The maximum atomic E-state index is 12.5. The number of amides is 2. The predicted octanol–water partition coefficient (Wildman–Crippen LogP) is 1.46. The topological polar surface area (TPSA) is 62.7 Å². The van der Waals surface area contributed by atoms with Crippen molar-refractivity contribution in [3.63, 3.8) is 0 Å². The second kappa shape index (κ2) is 5.94. The first-order valence-electron chi connectivity index (χ1n) is 7.76. The zero-order valence-corrected chi connectivity index (χ0v) is 12.8. The summed E-state index contributed by atoms with van der Waals surface area (Å²) in [6.45, 7) is 4.15. The van der Waals surface area contributed by atoms with Crippen LogP contribution in [-0.2, 0) is 16.0 Å². The zero-order chi connectivity index (χ0) is 15.6. The summed E-state index contributed by atoms with van der Waals surface area (Å²) in [6.07, 6.45) is 5.24. The van der Waals surface area contributed by atoms with Crippen molar-refractivity contribution in [2.24, 2.45) is 0 Å². The van der Waals surface area contributed by atoms with Gasteiger partial charge in [0.05, 0.1) is 5.54 Å². The van der Waals surface area contributed by atoms with Crippen molar-refractivity contribution < 1.29 is 14.3 Å². The molecule has 0 bridgehead atoms. The Hall–Kier alpha value is -2.11. The molecule has 0 radical (unpaired) electrons. The molecule has 1 atom stereocenters. The van der Waals surface area contributed by atoms with Crippen LogP contribution in [0.15, 0.2) is 24.5 Å². The lowest BCUT2D eigenvalue weighted by Gasteiger charge is -2.44. The minimum atomic E-state index is -0.332. The van der Waals surface area contributed by atoms with E-state index in [2.05, 4.69) is 4.98 Å². The number of pyridine rings is 1. The van der Waals surface area contributed by atoms with Crippen LogP contribution in [0.2, 0.25) is 0 Å².